The molecule has 0 aliphatic heterocycles. The van der Waals surface area contributed by atoms with Crippen LogP contribution in [0.3, 0.4) is 0 Å². The van der Waals surface area contributed by atoms with E-state index in [2.05, 4.69) is 24.4 Å². The van der Waals surface area contributed by atoms with Gasteiger partial charge < -0.3 is 20.5 Å². The van der Waals surface area contributed by atoms with Crippen molar-refractivity contribution in [1.29, 1.82) is 0 Å². The Kier molecular flexibility index (Phi) is 5.35. The van der Waals surface area contributed by atoms with Crippen molar-refractivity contribution in [3.05, 3.63) is 59.2 Å². The first-order valence-corrected chi connectivity index (χ1v) is 8.89. The van der Waals surface area contributed by atoms with Crippen LogP contribution >= 0.6 is 0 Å². The van der Waals surface area contributed by atoms with Gasteiger partial charge in [-0.05, 0) is 49.1 Å². The Hall–Kier alpha value is -3.02. The SMILES string of the molecule is COc1cc(C(=O)NCC2(c3ccccc3C)CC2)ccc1OCC(N)=O. The molecule has 0 radical (unpaired) electrons. The molecule has 0 aromatic heterocycles. The molecule has 3 N–H and O–H groups in total. The normalized spacial score (nSPS) is 14.3. The van der Waals surface area contributed by atoms with Crippen LogP contribution in [0, 0.1) is 6.92 Å². The van der Waals surface area contributed by atoms with Gasteiger partial charge in [-0.3, -0.25) is 9.59 Å². The largest absolute Gasteiger partial charge is 0.493 e. The Balaban J connectivity index is 1.68. The summed E-state index contributed by atoms with van der Waals surface area (Å²) < 4.78 is 10.5. The van der Waals surface area contributed by atoms with E-state index >= 15 is 0 Å². The maximum Gasteiger partial charge on any atom is 0.255 e. The van der Waals surface area contributed by atoms with Crippen LogP contribution in [-0.2, 0) is 10.2 Å². The van der Waals surface area contributed by atoms with Gasteiger partial charge in [-0.2, -0.15) is 0 Å². The second-order valence-electron chi connectivity index (χ2n) is 6.90. The lowest BCUT2D eigenvalue weighted by Gasteiger charge is -2.19. The van der Waals surface area contributed by atoms with Gasteiger partial charge in [-0.1, -0.05) is 24.3 Å². The van der Waals surface area contributed by atoms with E-state index in [0.717, 1.165) is 12.8 Å². The number of nitrogens with one attached hydrogen (secondary N) is 1. The zero-order valence-electron chi connectivity index (χ0n) is 15.6. The minimum absolute atomic E-state index is 0.0373. The Bertz CT molecular complexity index is 859. The summed E-state index contributed by atoms with van der Waals surface area (Å²) in [4.78, 5) is 23.5. The number of hydrogen-bond donors (Lipinski definition) is 2. The lowest BCUT2D eigenvalue weighted by molar-refractivity contribution is -0.119. The molecule has 2 aromatic carbocycles. The molecule has 1 aliphatic carbocycles. The highest BCUT2D eigenvalue weighted by Crippen LogP contribution is 2.48. The lowest BCUT2D eigenvalue weighted by atomic mass is 9.92. The van der Waals surface area contributed by atoms with Crippen molar-refractivity contribution in [2.45, 2.75) is 25.2 Å². The van der Waals surface area contributed by atoms with Crippen LogP contribution in [0.25, 0.3) is 0 Å². The van der Waals surface area contributed by atoms with E-state index in [9.17, 15) is 9.59 Å². The van der Waals surface area contributed by atoms with Gasteiger partial charge in [0.15, 0.2) is 18.1 Å². The number of aryl methyl sites for hydroxylation is 1. The van der Waals surface area contributed by atoms with E-state index in [1.165, 1.54) is 18.2 Å². The van der Waals surface area contributed by atoms with Crippen LogP contribution in [0.4, 0.5) is 0 Å². The second-order valence-corrected chi connectivity index (χ2v) is 6.90. The third-order valence-electron chi connectivity index (χ3n) is 4.95. The molecule has 6 nitrogen and oxygen atoms in total. The van der Waals surface area contributed by atoms with Crippen LogP contribution in [0.1, 0.15) is 34.3 Å². The summed E-state index contributed by atoms with van der Waals surface area (Å²) >= 11 is 0. The quantitative estimate of drug-likeness (QED) is 0.748. The molecule has 0 heterocycles. The molecule has 0 bridgehead atoms. The van der Waals surface area contributed by atoms with Crippen molar-refractivity contribution in [1.82, 2.24) is 5.32 Å². The Morgan fingerprint density at radius 2 is 1.89 bits per heavy atom. The molecule has 0 unspecified atom stereocenters. The minimum atomic E-state index is -0.579. The van der Waals surface area contributed by atoms with Gasteiger partial charge in [-0.15, -0.1) is 0 Å². The van der Waals surface area contributed by atoms with Gasteiger partial charge in [-0.25, -0.2) is 0 Å². The fraction of sp³-hybridized carbons (Fsp3) is 0.333. The smallest absolute Gasteiger partial charge is 0.255 e. The van der Waals surface area contributed by atoms with Crippen LogP contribution in [0.2, 0.25) is 0 Å². The number of hydrogen-bond acceptors (Lipinski definition) is 4. The predicted octanol–water partition coefficient (Wildman–Crippen LogP) is 2.33. The molecule has 2 aromatic rings. The Labute approximate surface area is 158 Å². The monoisotopic (exact) mass is 368 g/mol. The third-order valence-corrected chi connectivity index (χ3v) is 4.95. The highest BCUT2D eigenvalue weighted by molar-refractivity contribution is 5.95. The zero-order chi connectivity index (χ0) is 19.4. The van der Waals surface area contributed by atoms with Crippen LogP contribution in [-0.4, -0.2) is 32.1 Å². The maximum absolute atomic E-state index is 12.6. The molecular weight excluding hydrogens is 344 g/mol. The topological polar surface area (TPSA) is 90.7 Å². The van der Waals surface area contributed by atoms with E-state index in [1.807, 2.05) is 12.1 Å². The highest BCUT2D eigenvalue weighted by atomic mass is 16.5. The maximum atomic E-state index is 12.6. The van der Waals surface area contributed by atoms with Crippen molar-refractivity contribution in [3.63, 3.8) is 0 Å². The summed E-state index contributed by atoms with van der Waals surface area (Å²) in [5, 5.41) is 3.04. The van der Waals surface area contributed by atoms with Gasteiger partial charge >= 0.3 is 0 Å². The minimum Gasteiger partial charge on any atom is -0.493 e. The molecule has 1 aliphatic rings. The molecule has 142 valence electrons. The summed E-state index contributed by atoms with van der Waals surface area (Å²) in [5.74, 6) is -0.00483. The number of nitrogens with two attached hydrogens (primary N) is 1. The highest BCUT2D eigenvalue weighted by Gasteiger charge is 2.45. The standard InChI is InChI=1S/C21H24N2O4/c1-14-5-3-4-6-16(14)21(9-10-21)13-23-20(25)15-7-8-17(18(11-15)26-2)27-12-19(22)24/h3-8,11H,9-10,12-13H2,1-2H3,(H2,22,24)(H,23,25). The third kappa shape index (κ3) is 4.22. The van der Waals surface area contributed by atoms with Gasteiger partial charge in [0.25, 0.3) is 11.8 Å². The van der Waals surface area contributed by atoms with E-state index in [-0.39, 0.29) is 17.9 Å². The predicted molar refractivity (Wildman–Crippen MR) is 102 cm³/mol. The number of benzene rings is 2. The molecule has 0 spiro atoms. The number of carbonyl (C=O) groups excluding carboxylic acids is 2. The number of ether oxygens (including phenoxy) is 2. The number of amides is 2. The molecule has 1 fully saturated rings. The van der Waals surface area contributed by atoms with Crippen LogP contribution in [0.5, 0.6) is 11.5 Å². The van der Waals surface area contributed by atoms with E-state index in [0.29, 0.717) is 23.6 Å². The summed E-state index contributed by atoms with van der Waals surface area (Å²) in [6, 6.07) is 13.2. The average molecular weight is 368 g/mol. The number of primary amides is 1. The van der Waals surface area contributed by atoms with Crippen molar-refractivity contribution in [2.24, 2.45) is 5.73 Å². The van der Waals surface area contributed by atoms with E-state index < -0.39 is 5.91 Å². The summed E-state index contributed by atoms with van der Waals surface area (Å²) in [5.41, 5.74) is 8.15. The average Bonchev–Trinajstić information content (AvgIpc) is 3.45. The summed E-state index contributed by atoms with van der Waals surface area (Å²) in [7, 11) is 1.48. The summed E-state index contributed by atoms with van der Waals surface area (Å²) in [6.07, 6.45) is 2.14. The molecule has 6 heteroatoms. The van der Waals surface area contributed by atoms with Crippen LogP contribution < -0.4 is 20.5 Å². The first-order chi connectivity index (χ1) is 12.9. The zero-order valence-corrected chi connectivity index (χ0v) is 15.6. The first kappa shape index (κ1) is 18.8. The first-order valence-electron chi connectivity index (χ1n) is 8.89. The number of rotatable bonds is 8. The van der Waals surface area contributed by atoms with Crippen LogP contribution in [0.15, 0.2) is 42.5 Å². The summed E-state index contributed by atoms with van der Waals surface area (Å²) in [6.45, 7) is 2.45. The molecule has 0 atom stereocenters. The fourth-order valence-corrected chi connectivity index (χ4v) is 3.29. The number of carbonyl (C=O) groups is 2. The van der Waals surface area contributed by atoms with Gasteiger partial charge in [0.2, 0.25) is 0 Å². The molecule has 27 heavy (non-hydrogen) atoms. The van der Waals surface area contributed by atoms with Crippen molar-refractivity contribution >= 4 is 11.8 Å². The Morgan fingerprint density at radius 3 is 2.52 bits per heavy atom. The van der Waals surface area contributed by atoms with E-state index in [4.69, 9.17) is 15.2 Å². The number of methoxy groups -OCH3 is 1. The lowest BCUT2D eigenvalue weighted by Crippen LogP contribution is -2.32. The van der Waals surface area contributed by atoms with Crippen molar-refractivity contribution in [2.75, 3.05) is 20.3 Å². The van der Waals surface area contributed by atoms with Crippen molar-refractivity contribution in [3.8, 4) is 11.5 Å². The molecule has 2 amide bonds. The molecule has 0 saturated heterocycles. The van der Waals surface area contributed by atoms with Gasteiger partial charge in [0, 0.05) is 17.5 Å². The molecule has 1 saturated carbocycles. The van der Waals surface area contributed by atoms with Gasteiger partial charge in [0.05, 0.1) is 7.11 Å². The van der Waals surface area contributed by atoms with Gasteiger partial charge in [0.1, 0.15) is 0 Å². The molecular formula is C21H24N2O4. The second kappa shape index (κ2) is 7.70. The molecule has 3 rings (SSSR count). The van der Waals surface area contributed by atoms with Crippen molar-refractivity contribution < 1.29 is 19.1 Å². The fourth-order valence-electron chi connectivity index (χ4n) is 3.29. The van der Waals surface area contributed by atoms with E-state index in [1.54, 1.807) is 18.2 Å². The Morgan fingerprint density at radius 1 is 1.15 bits per heavy atom.